The Morgan fingerprint density at radius 3 is 2.80 bits per heavy atom. The van der Waals surface area contributed by atoms with Crippen LogP contribution < -0.4 is 10.6 Å². The van der Waals surface area contributed by atoms with E-state index in [4.69, 9.17) is 10.5 Å². The first-order valence-electron chi connectivity index (χ1n) is 7.59. The van der Waals surface area contributed by atoms with Crippen molar-refractivity contribution in [2.75, 3.05) is 25.1 Å². The molecule has 3 nitrogen and oxygen atoms in total. The Kier molecular flexibility index (Phi) is 4.71. The smallest absolute Gasteiger partial charge is 0.0825 e. The van der Waals surface area contributed by atoms with Crippen LogP contribution in [0.5, 0.6) is 0 Å². The van der Waals surface area contributed by atoms with Crippen molar-refractivity contribution < 1.29 is 4.74 Å². The van der Waals surface area contributed by atoms with E-state index in [0.29, 0.717) is 0 Å². The lowest BCUT2D eigenvalue weighted by atomic mass is 9.93. The number of nitrogens with two attached hydrogens (primary N) is 1. The lowest BCUT2D eigenvalue weighted by molar-refractivity contribution is -0.00465. The molecule has 0 spiro atoms. The number of hydrogen-bond acceptors (Lipinski definition) is 3. The lowest BCUT2D eigenvalue weighted by Crippen LogP contribution is -2.47. The number of nitrogens with zero attached hydrogens (tertiary/aromatic N) is 1. The maximum Gasteiger partial charge on any atom is 0.0825 e. The maximum atomic E-state index is 5.90. The zero-order valence-corrected chi connectivity index (χ0v) is 13.3. The summed E-state index contributed by atoms with van der Waals surface area (Å²) >= 11 is 0. The summed E-state index contributed by atoms with van der Waals surface area (Å²) < 4.78 is 5.68. The van der Waals surface area contributed by atoms with Gasteiger partial charge in [-0.1, -0.05) is 6.07 Å². The molecule has 112 valence electrons. The van der Waals surface area contributed by atoms with Gasteiger partial charge in [0.1, 0.15) is 0 Å². The summed E-state index contributed by atoms with van der Waals surface area (Å²) in [7, 11) is 1.82. The lowest BCUT2D eigenvalue weighted by Gasteiger charge is -2.40. The van der Waals surface area contributed by atoms with Crippen molar-refractivity contribution in [2.24, 2.45) is 5.73 Å². The molecule has 2 N–H and O–H groups in total. The standard InChI is InChI=1S/C17H28N2O/c1-13-10-16(7-6-15(13)11-14(2)18)19-9-5-8-17(3,12-19)20-4/h6-7,10,14H,5,8-9,11-12,18H2,1-4H3. The Balaban J connectivity index is 2.15. The molecule has 1 heterocycles. The van der Waals surface area contributed by atoms with Gasteiger partial charge in [0.25, 0.3) is 0 Å². The van der Waals surface area contributed by atoms with Gasteiger partial charge in [0.2, 0.25) is 0 Å². The van der Waals surface area contributed by atoms with E-state index < -0.39 is 0 Å². The number of rotatable bonds is 4. The van der Waals surface area contributed by atoms with E-state index in [1.807, 2.05) is 7.11 Å². The summed E-state index contributed by atoms with van der Waals surface area (Å²) in [6.07, 6.45) is 3.27. The zero-order valence-electron chi connectivity index (χ0n) is 13.3. The predicted molar refractivity (Wildman–Crippen MR) is 85.4 cm³/mol. The number of methoxy groups -OCH3 is 1. The molecule has 1 aromatic carbocycles. The average molecular weight is 276 g/mol. The van der Waals surface area contributed by atoms with Gasteiger partial charge in [-0.15, -0.1) is 0 Å². The Labute approximate surface area is 123 Å². The van der Waals surface area contributed by atoms with E-state index in [-0.39, 0.29) is 11.6 Å². The second-order valence-electron chi connectivity index (χ2n) is 6.47. The van der Waals surface area contributed by atoms with E-state index >= 15 is 0 Å². The molecule has 1 aliphatic rings. The fraction of sp³-hybridized carbons (Fsp3) is 0.647. The van der Waals surface area contributed by atoms with Gasteiger partial charge in [-0.05, 0) is 63.3 Å². The molecule has 0 bridgehead atoms. The van der Waals surface area contributed by atoms with E-state index in [2.05, 4.69) is 43.9 Å². The third kappa shape index (κ3) is 3.53. The number of piperidine rings is 1. The second kappa shape index (κ2) is 6.15. The Bertz CT molecular complexity index is 458. The first-order valence-corrected chi connectivity index (χ1v) is 7.59. The Morgan fingerprint density at radius 1 is 1.45 bits per heavy atom. The van der Waals surface area contributed by atoms with Crippen LogP contribution in [0.3, 0.4) is 0 Å². The molecule has 2 rings (SSSR count). The highest BCUT2D eigenvalue weighted by Crippen LogP contribution is 2.29. The van der Waals surface area contributed by atoms with Crippen LogP contribution in [0, 0.1) is 6.92 Å². The molecule has 2 unspecified atom stereocenters. The largest absolute Gasteiger partial charge is 0.377 e. The third-order valence-electron chi connectivity index (χ3n) is 4.38. The highest BCUT2D eigenvalue weighted by Gasteiger charge is 2.30. The molecule has 20 heavy (non-hydrogen) atoms. The van der Waals surface area contributed by atoms with Crippen molar-refractivity contribution in [3.05, 3.63) is 29.3 Å². The molecule has 1 aliphatic heterocycles. The summed E-state index contributed by atoms with van der Waals surface area (Å²) in [6, 6.07) is 6.96. The Morgan fingerprint density at radius 2 is 2.20 bits per heavy atom. The normalized spacial score (nSPS) is 24.8. The summed E-state index contributed by atoms with van der Waals surface area (Å²) in [5, 5.41) is 0. The number of benzene rings is 1. The molecule has 1 fully saturated rings. The fourth-order valence-corrected chi connectivity index (χ4v) is 3.05. The van der Waals surface area contributed by atoms with Gasteiger partial charge >= 0.3 is 0 Å². The van der Waals surface area contributed by atoms with E-state index in [1.54, 1.807) is 0 Å². The molecule has 0 aromatic heterocycles. The first kappa shape index (κ1) is 15.3. The van der Waals surface area contributed by atoms with Gasteiger partial charge in [0, 0.05) is 31.9 Å². The van der Waals surface area contributed by atoms with Crippen LogP contribution in [0.25, 0.3) is 0 Å². The van der Waals surface area contributed by atoms with Crippen LogP contribution in [-0.2, 0) is 11.2 Å². The average Bonchev–Trinajstić information content (AvgIpc) is 2.41. The van der Waals surface area contributed by atoms with Crippen LogP contribution >= 0.6 is 0 Å². The topological polar surface area (TPSA) is 38.5 Å². The molecule has 1 saturated heterocycles. The van der Waals surface area contributed by atoms with E-state index in [0.717, 1.165) is 25.9 Å². The fourth-order valence-electron chi connectivity index (χ4n) is 3.05. The molecule has 1 aromatic rings. The van der Waals surface area contributed by atoms with Crippen molar-refractivity contribution in [3.8, 4) is 0 Å². The highest BCUT2D eigenvalue weighted by atomic mass is 16.5. The molecule has 0 saturated carbocycles. The predicted octanol–water partition coefficient (Wildman–Crippen LogP) is 2.89. The quantitative estimate of drug-likeness (QED) is 0.919. The van der Waals surface area contributed by atoms with E-state index in [1.165, 1.54) is 23.2 Å². The van der Waals surface area contributed by atoms with E-state index in [9.17, 15) is 0 Å². The van der Waals surface area contributed by atoms with Gasteiger partial charge in [-0.25, -0.2) is 0 Å². The summed E-state index contributed by atoms with van der Waals surface area (Å²) in [4.78, 5) is 2.44. The van der Waals surface area contributed by atoms with Gasteiger partial charge in [0.15, 0.2) is 0 Å². The van der Waals surface area contributed by atoms with Crippen molar-refractivity contribution in [1.82, 2.24) is 0 Å². The maximum absolute atomic E-state index is 5.90. The van der Waals surface area contributed by atoms with Gasteiger partial charge in [0.05, 0.1) is 5.60 Å². The summed E-state index contributed by atoms with van der Waals surface area (Å²) in [6.45, 7) is 8.53. The highest BCUT2D eigenvalue weighted by molar-refractivity contribution is 5.51. The molecule has 0 amide bonds. The minimum atomic E-state index is -0.0173. The summed E-state index contributed by atoms with van der Waals surface area (Å²) in [5.41, 5.74) is 9.88. The number of hydrogen-bond donors (Lipinski definition) is 1. The van der Waals surface area contributed by atoms with Crippen molar-refractivity contribution in [2.45, 2.75) is 51.7 Å². The minimum Gasteiger partial charge on any atom is -0.377 e. The Hall–Kier alpha value is -1.06. The van der Waals surface area contributed by atoms with Gasteiger partial charge in [-0.2, -0.15) is 0 Å². The monoisotopic (exact) mass is 276 g/mol. The van der Waals surface area contributed by atoms with Crippen molar-refractivity contribution in [1.29, 1.82) is 0 Å². The van der Waals surface area contributed by atoms with Crippen LogP contribution in [-0.4, -0.2) is 31.8 Å². The minimum absolute atomic E-state index is 0.0173. The van der Waals surface area contributed by atoms with Crippen molar-refractivity contribution in [3.63, 3.8) is 0 Å². The molecule has 0 radical (unpaired) electrons. The number of anilines is 1. The van der Waals surface area contributed by atoms with Crippen LogP contribution in [0.4, 0.5) is 5.69 Å². The number of aryl methyl sites for hydroxylation is 1. The molecule has 0 aliphatic carbocycles. The van der Waals surface area contributed by atoms with Crippen LogP contribution in [0.1, 0.15) is 37.8 Å². The van der Waals surface area contributed by atoms with Crippen molar-refractivity contribution >= 4 is 5.69 Å². The molecular weight excluding hydrogens is 248 g/mol. The number of ether oxygens (including phenoxy) is 1. The van der Waals surface area contributed by atoms with Gasteiger partial charge < -0.3 is 15.4 Å². The zero-order chi connectivity index (χ0) is 14.8. The second-order valence-corrected chi connectivity index (χ2v) is 6.47. The third-order valence-corrected chi connectivity index (χ3v) is 4.38. The summed E-state index contributed by atoms with van der Waals surface area (Å²) in [5.74, 6) is 0. The van der Waals surface area contributed by atoms with Crippen LogP contribution in [0.2, 0.25) is 0 Å². The van der Waals surface area contributed by atoms with Gasteiger partial charge in [-0.3, -0.25) is 0 Å². The molecule has 2 atom stereocenters. The molecular formula is C17H28N2O. The first-order chi connectivity index (χ1) is 9.43. The molecule has 3 heteroatoms. The SMILES string of the molecule is COC1(C)CCCN(c2ccc(CC(C)N)c(C)c2)C1. The van der Waals surface area contributed by atoms with Crippen LogP contribution in [0.15, 0.2) is 18.2 Å².